The van der Waals surface area contributed by atoms with Gasteiger partial charge in [0.05, 0.1) is 16.2 Å². The standard InChI is InChI=1S/C22H21F4N5O2S/c1-30-10-12-31(13-11-30)21-9-8-20(27-28-21)15-2-4-16(5-3-15)29-34(32,33)17-6-7-19(23)18(14-17)22(24,25)26/h2-9,14,29H,10-13H2,1H3. The number of anilines is 2. The molecule has 0 radical (unpaired) electrons. The molecule has 1 aliphatic rings. The van der Waals surface area contributed by atoms with E-state index in [2.05, 4.69) is 31.8 Å². The lowest BCUT2D eigenvalue weighted by Gasteiger charge is -2.32. The highest BCUT2D eigenvalue weighted by molar-refractivity contribution is 7.92. The van der Waals surface area contributed by atoms with Crippen LogP contribution in [0.1, 0.15) is 5.56 Å². The Morgan fingerprint density at radius 1 is 0.912 bits per heavy atom. The van der Waals surface area contributed by atoms with Crippen molar-refractivity contribution in [2.45, 2.75) is 11.1 Å². The summed E-state index contributed by atoms with van der Waals surface area (Å²) in [6.45, 7) is 3.60. The fourth-order valence-corrected chi connectivity index (χ4v) is 4.58. The molecule has 0 spiro atoms. The second kappa shape index (κ2) is 9.18. The third kappa shape index (κ3) is 5.28. The summed E-state index contributed by atoms with van der Waals surface area (Å²) < 4.78 is 79.5. The highest BCUT2D eigenvalue weighted by Crippen LogP contribution is 2.33. The number of rotatable bonds is 5. The third-order valence-electron chi connectivity index (χ3n) is 5.46. The molecule has 34 heavy (non-hydrogen) atoms. The van der Waals surface area contributed by atoms with E-state index < -0.39 is 32.5 Å². The normalized spacial score (nSPS) is 15.4. The Morgan fingerprint density at radius 2 is 1.59 bits per heavy atom. The van der Waals surface area contributed by atoms with Gasteiger partial charge in [0.15, 0.2) is 5.82 Å². The Bertz CT molecular complexity index is 1260. The van der Waals surface area contributed by atoms with Gasteiger partial charge in [-0.15, -0.1) is 10.2 Å². The second-order valence-corrected chi connectivity index (χ2v) is 9.57. The Labute approximate surface area is 194 Å². The van der Waals surface area contributed by atoms with Gasteiger partial charge in [-0.1, -0.05) is 12.1 Å². The van der Waals surface area contributed by atoms with Gasteiger partial charge in [-0.25, -0.2) is 12.8 Å². The summed E-state index contributed by atoms with van der Waals surface area (Å²) in [5.41, 5.74) is -0.255. The van der Waals surface area contributed by atoms with Crippen LogP contribution in [0.5, 0.6) is 0 Å². The zero-order chi connectivity index (χ0) is 24.5. The van der Waals surface area contributed by atoms with Gasteiger partial charge in [0.2, 0.25) is 0 Å². The van der Waals surface area contributed by atoms with Crippen LogP contribution in [-0.4, -0.2) is 56.7 Å². The van der Waals surface area contributed by atoms with Gasteiger partial charge in [-0.3, -0.25) is 4.72 Å². The van der Waals surface area contributed by atoms with E-state index in [0.717, 1.165) is 38.1 Å². The maximum absolute atomic E-state index is 13.5. The molecule has 4 rings (SSSR count). The molecular formula is C22H21F4N5O2S. The van der Waals surface area contributed by atoms with Crippen molar-refractivity contribution in [1.82, 2.24) is 15.1 Å². The topological polar surface area (TPSA) is 78.4 Å². The number of hydrogen-bond donors (Lipinski definition) is 1. The molecule has 0 unspecified atom stereocenters. The minimum Gasteiger partial charge on any atom is -0.353 e. The molecule has 2 aromatic carbocycles. The molecule has 3 aromatic rings. The molecule has 1 aliphatic heterocycles. The lowest BCUT2D eigenvalue weighted by atomic mass is 10.1. The van der Waals surface area contributed by atoms with Crippen LogP contribution in [-0.2, 0) is 16.2 Å². The quantitative estimate of drug-likeness (QED) is 0.542. The van der Waals surface area contributed by atoms with Crippen molar-refractivity contribution in [2.24, 2.45) is 0 Å². The van der Waals surface area contributed by atoms with Gasteiger partial charge in [-0.05, 0) is 49.5 Å². The summed E-state index contributed by atoms with van der Waals surface area (Å²) in [4.78, 5) is 3.68. The van der Waals surface area contributed by atoms with E-state index in [1.165, 1.54) is 12.1 Å². The van der Waals surface area contributed by atoms with E-state index in [0.29, 0.717) is 17.3 Å². The molecule has 0 bridgehead atoms. The predicted octanol–water partition coefficient (Wildman–Crippen LogP) is 3.85. The summed E-state index contributed by atoms with van der Waals surface area (Å²) in [5, 5.41) is 8.53. The molecule has 0 atom stereocenters. The highest BCUT2D eigenvalue weighted by atomic mass is 32.2. The van der Waals surface area contributed by atoms with Crippen molar-refractivity contribution in [2.75, 3.05) is 42.8 Å². The summed E-state index contributed by atoms with van der Waals surface area (Å²) in [6, 6.07) is 11.3. The maximum atomic E-state index is 13.5. The average Bonchev–Trinajstić information content (AvgIpc) is 2.79. The molecule has 0 amide bonds. The first-order chi connectivity index (χ1) is 16.0. The van der Waals surface area contributed by atoms with Crippen molar-refractivity contribution in [3.05, 3.63) is 66.0 Å². The van der Waals surface area contributed by atoms with E-state index in [-0.39, 0.29) is 11.8 Å². The van der Waals surface area contributed by atoms with Crippen LogP contribution in [0.15, 0.2) is 59.5 Å². The minimum absolute atomic E-state index is 0.128. The van der Waals surface area contributed by atoms with Crippen LogP contribution in [0.3, 0.4) is 0 Å². The molecule has 1 N–H and O–H groups in total. The van der Waals surface area contributed by atoms with E-state index in [9.17, 15) is 26.0 Å². The van der Waals surface area contributed by atoms with Crippen molar-refractivity contribution < 1.29 is 26.0 Å². The number of likely N-dealkylation sites (N-methyl/N-ethyl adjacent to an activating group) is 1. The fourth-order valence-electron chi connectivity index (χ4n) is 3.50. The molecule has 7 nitrogen and oxygen atoms in total. The van der Waals surface area contributed by atoms with E-state index >= 15 is 0 Å². The summed E-state index contributed by atoms with van der Waals surface area (Å²) >= 11 is 0. The number of sulfonamides is 1. The van der Waals surface area contributed by atoms with E-state index in [4.69, 9.17) is 0 Å². The van der Waals surface area contributed by atoms with Crippen LogP contribution in [0.4, 0.5) is 29.1 Å². The molecular weight excluding hydrogens is 474 g/mol. The first kappa shape index (κ1) is 23.9. The highest BCUT2D eigenvalue weighted by Gasteiger charge is 2.35. The SMILES string of the molecule is CN1CCN(c2ccc(-c3ccc(NS(=O)(=O)c4ccc(F)c(C(F)(F)F)c4)cc3)nn2)CC1. The van der Waals surface area contributed by atoms with Crippen LogP contribution < -0.4 is 9.62 Å². The lowest BCUT2D eigenvalue weighted by molar-refractivity contribution is -0.140. The van der Waals surface area contributed by atoms with Crippen LogP contribution in [0.2, 0.25) is 0 Å². The Hall–Kier alpha value is -3.25. The number of aromatic nitrogens is 2. The number of halogens is 4. The first-order valence-electron chi connectivity index (χ1n) is 10.3. The van der Waals surface area contributed by atoms with Crippen LogP contribution in [0.25, 0.3) is 11.3 Å². The number of alkyl halides is 3. The molecule has 2 heterocycles. The predicted molar refractivity (Wildman–Crippen MR) is 119 cm³/mol. The maximum Gasteiger partial charge on any atom is 0.419 e. The van der Waals surface area contributed by atoms with Gasteiger partial charge in [0, 0.05) is 37.4 Å². The van der Waals surface area contributed by atoms with Crippen LogP contribution >= 0.6 is 0 Å². The molecule has 0 aliphatic carbocycles. The van der Waals surface area contributed by atoms with Crippen molar-refractivity contribution in [3.63, 3.8) is 0 Å². The number of benzene rings is 2. The second-order valence-electron chi connectivity index (χ2n) is 7.89. The smallest absolute Gasteiger partial charge is 0.353 e. The van der Waals surface area contributed by atoms with Gasteiger partial charge in [0.1, 0.15) is 5.82 Å². The van der Waals surface area contributed by atoms with Gasteiger partial charge in [-0.2, -0.15) is 13.2 Å². The molecule has 180 valence electrons. The van der Waals surface area contributed by atoms with E-state index in [1.807, 2.05) is 12.1 Å². The Morgan fingerprint density at radius 3 is 2.18 bits per heavy atom. The van der Waals surface area contributed by atoms with Crippen molar-refractivity contribution >= 4 is 21.5 Å². The molecule has 1 aromatic heterocycles. The number of piperazine rings is 1. The summed E-state index contributed by atoms with van der Waals surface area (Å²) in [5.74, 6) is -0.769. The summed E-state index contributed by atoms with van der Waals surface area (Å²) in [6.07, 6.45) is -5.02. The van der Waals surface area contributed by atoms with Crippen molar-refractivity contribution in [1.29, 1.82) is 0 Å². The zero-order valence-electron chi connectivity index (χ0n) is 18.1. The monoisotopic (exact) mass is 495 g/mol. The fraction of sp³-hybridized carbons (Fsp3) is 0.273. The zero-order valence-corrected chi connectivity index (χ0v) is 18.9. The lowest BCUT2D eigenvalue weighted by Crippen LogP contribution is -2.44. The molecule has 1 fully saturated rings. The van der Waals surface area contributed by atoms with Crippen molar-refractivity contribution in [3.8, 4) is 11.3 Å². The number of nitrogens with zero attached hydrogens (tertiary/aromatic N) is 4. The third-order valence-corrected chi connectivity index (χ3v) is 6.84. The molecule has 12 heteroatoms. The van der Waals surface area contributed by atoms with Crippen LogP contribution in [0, 0.1) is 5.82 Å². The number of hydrogen-bond acceptors (Lipinski definition) is 6. The Balaban J connectivity index is 1.48. The molecule has 1 saturated heterocycles. The summed E-state index contributed by atoms with van der Waals surface area (Å²) in [7, 11) is -2.30. The van der Waals surface area contributed by atoms with Gasteiger partial charge < -0.3 is 9.80 Å². The largest absolute Gasteiger partial charge is 0.419 e. The number of nitrogens with one attached hydrogen (secondary N) is 1. The van der Waals surface area contributed by atoms with E-state index in [1.54, 1.807) is 12.1 Å². The minimum atomic E-state index is -5.02. The van der Waals surface area contributed by atoms with Gasteiger partial charge in [0.25, 0.3) is 10.0 Å². The first-order valence-corrected chi connectivity index (χ1v) is 11.8. The average molecular weight is 496 g/mol. The Kier molecular flexibility index (Phi) is 6.45. The van der Waals surface area contributed by atoms with Gasteiger partial charge >= 0.3 is 6.18 Å². The molecule has 0 saturated carbocycles.